The van der Waals surface area contributed by atoms with Crippen LogP contribution in [0.25, 0.3) is 4.96 Å². The predicted octanol–water partition coefficient (Wildman–Crippen LogP) is 1.90. The van der Waals surface area contributed by atoms with Gasteiger partial charge >= 0.3 is 0 Å². The average Bonchev–Trinajstić information content (AvgIpc) is 3.02. The van der Waals surface area contributed by atoms with E-state index in [9.17, 15) is 8.42 Å². The zero-order chi connectivity index (χ0) is 14.3. The van der Waals surface area contributed by atoms with Gasteiger partial charge in [0.25, 0.3) is 10.0 Å². The molecule has 2 heterocycles. The maximum Gasteiger partial charge on any atom is 0.260 e. The van der Waals surface area contributed by atoms with Crippen molar-refractivity contribution >= 4 is 32.1 Å². The Hall–Kier alpha value is -1.12. The number of nitrogens with zero attached hydrogens (tertiary/aromatic N) is 2. The van der Waals surface area contributed by atoms with Crippen molar-refractivity contribution in [2.75, 3.05) is 11.9 Å². The minimum atomic E-state index is -3.58. The van der Waals surface area contributed by atoms with Gasteiger partial charge in [0.2, 0.25) is 0 Å². The SMILES string of the molecule is CCNc1nc2sccn2c1S(=O)(=O)NC(C)C1CC1. The molecule has 0 aromatic carbocycles. The van der Waals surface area contributed by atoms with Crippen LogP contribution in [0.1, 0.15) is 26.7 Å². The van der Waals surface area contributed by atoms with Crippen molar-refractivity contribution in [1.82, 2.24) is 14.1 Å². The lowest BCUT2D eigenvalue weighted by molar-refractivity contribution is 0.535. The standard InChI is InChI=1S/C12H18N4O2S2/c1-3-13-10-11(16-6-7-19-12(16)14-10)20(17,18)15-8(2)9-4-5-9/h6-9,13,15H,3-5H2,1-2H3. The minimum absolute atomic E-state index is 0.0290. The molecule has 0 radical (unpaired) electrons. The number of hydrogen-bond acceptors (Lipinski definition) is 5. The van der Waals surface area contributed by atoms with Crippen molar-refractivity contribution in [3.63, 3.8) is 0 Å². The highest BCUT2D eigenvalue weighted by atomic mass is 32.2. The van der Waals surface area contributed by atoms with E-state index in [4.69, 9.17) is 0 Å². The number of nitrogens with one attached hydrogen (secondary N) is 2. The van der Waals surface area contributed by atoms with Gasteiger partial charge in [0.15, 0.2) is 15.8 Å². The zero-order valence-electron chi connectivity index (χ0n) is 11.5. The molecule has 1 saturated carbocycles. The molecular weight excluding hydrogens is 296 g/mol. The number of thiazole rings is 1. The molecule has 0 bridgehead atoms. The van der Waals surface area contributed by atoms with Crippen LogP contribution in [0.2, 0.25) is 0 Å². The van der Waals surface area contributed by atoms with Crippen molar-refractivity contribution < 1.29 is 8.42 Å². The quantitative estimate of drug-likeness (QED) is 0.854. The maximum absolute atomic E-state index is 12.6. The van der Waals surface area contributed by atoms with Crippen LogP contribution in [-0.2, 0) is 10.0 Å². The number of fused-ring (bicyclic) bond motifs is 1. The number of imidazole rings is 1. The predicted molar refractivity (Wildman–Crippen MR) is 79.7 cm³/mol. The van der Waals surface area contributed by atoms with Gasteiger partial charge in [-0.15, -0.1) is 11.3 Å². The fourth-order valence-electron chi connectivity index (χ4n) is 2.30. The van der Waals surface area contributed by atoms with Gasteiger partial charge in [-0.25, -0.2) is 18.1 Å². The number of sulfonamides is 1. The molecule has 1 fully saturated rings. The largest absolute Gasteiger partial charge is 0.368 e. The number of anilines is 1. The summed E-state index contributed by atoms with van der Waals surface area (Å²) in [5.74, 6) is 0.896. The molecule has 20 heavy (non-hydrogen) atoms. The molecule has 0 saturated heterocycles. The van der Waals surface area contributed by atoms with Crippen LogP contribution < -0.4 is 10.0 Å². The van der Waals surface area contributed by atoms with Crippen LogP contribution in [0.4, 0.5) is 5.82 Å². The van der Waals surface area contributed by atoms with Crippen LogP contribution in [0.15, 0.2) is 16.6 Å². The van der Waals surface area contributed by atoms with Gasteiger partial charge in [-0.2, -0.15) is 0 Å². The Bertz CT molecular complexity index is 715. The van der Waals surface area contributed by atoms with E-state index in [-0.39, 0.29) is 11.1 Å². The average molecular weight is 314 g/mol. The van der Waals surface area contributed by atoms with Crippen LogP contribution >= 0.6 is 11.3 Å². The summed E-state index contributed by atoms with van der Waals surface area (Å²) in [6, 6.07) is -0.0290. The van der Waals surface area contributed by atoms with Gasteiger partial charge in [-0.05, 0) is 32.6 Å². The second kappa shape index (κ2) is 5.01. The van der Waals surface area contributed by atoms with E-state index in [1.54, 1.807) is 10.6 Å². The molecule has 6 nitrogen and oxygen atoms in total. The number of aromatic nitrogens is 2. The summed E-state index contributed by atoms with van der Waals surface area (Å²) in [5.41, 5.74) is 0. The van der Waals surface area contributed by atoms with Crippen molar-refractivity contribution in [3.05, 3.63) is 11.6 Å². The zero-order valence-corrected chi connectivity index (χ0v) is 13.1. The summed E-state index contributed by atoms with van der Waals surface area (Å²) in [5, 5.41) is 5.08. The molecule has 1 aliphatic carbocycles. The fourth-order valence-corrected chi connectivity index (χ4v) is 4.64. The Kier molecular flexibility index (Phi) is 3.47. The second-order valence-corrected chi connectivity index (χ2v) is 7.60. The van der Waals surface area contributed by atoms with Crippen LogP contribution in [0, 0.1) is 5.92 Å². The first-order valence-corrected chi connectivity index (χ1v) is 9.11. The van der Waals surface area contributed by atoms with E-state index in [1.165, 1.54) is 11.3 Å². The maximum atomic E-state index is 12.6. The summed E-state index contributed by atoms with van der Waals surface area (Å²) < 4.78 is 29.7. The Morgan fingerprint density at radius 2 is 2.30 bits per heavy atom. The third-order valence-corrected chi connectivity index (χ3v) is 5.83. The van der Waals surface area contributed by atoms with E-state index < -0.39 is 10.0 Å². The molecule has 8 heteroatoms. The van der Waals surface area contributed by atoms with Crippen molar-refractivity contribution in [1.29, 1.82) is 0 Å². The van der Waals surface area contributed by atoms with Gasteiger partial charge in [0.05, 0.1) is 0 Å². The Morgan fingerprint density at radius 1 is 1.55 bits per heavy atom. The second-order valence-electron chi connectivity index (χ2n) is 5.10. The van der Waals surface area contributed by atoms with E-state index in [2.05, 4.69) is 15.0 Å². The first-order chi connectivity index (χ1) is 9.53. The summed E-state index contributed by atoms with van der Waals surface area (Å²) in [6.45, 7) is 4.48. The third-order valence-electron chi connectivity index (χ3n) is 3.49. The summed E-state index contributed by atoms with van der Waals surface area (Å²) >= 11 is 1.42. The summed E-state index contributed by atoms with van der Waals surface area (Å²) in [7, 11) is -3.58. The van der Waals surface area contributed by atoms with Gasteiger partial charge < -0.3 is 5.32 Å². The van der Waals surface area contributed by atoms with E-state index in [0.29, 0.717) is 23.2 Å². The molecule has 0 spiro atoms. The highest BCUT2D eigenvalue weighted by Crippen LogP contribution is 2.33. The molecule has 3 rings (SSSR count). The smallest absolute Gasteiger partial charge is 0.260 e. The molecule has 2 aromatic heterocycles. The molecule has 1 atom stereocenters. The van der Waals surface area contributed by atoms with E-state index >= 15 is 0 Å². The van der Waals surface area contributed by atoms with Crippen LogP contribution in [-0.4, -0.2) is 30.4 Å². The lowest BCUT2D eigenvalue weighted by atomic mass is 10.2. The lowest BCUT2D eigenvalue weighted by Gasteiger charge is -2.13. The Labute approximate surface area is 122 Å². The summed E-state index contributed by atoms with van der Waals surface area (Å²) in [4.78, 5) is 5.03. The highest BCUT2D eigenvalue weighted by Gasteiger charge is 2.33. The van der Waals surface area contributed by atoms with Gasteiger partial charge in [0, 0.05) is 24.2 Å². The first kappa shape index (κ1) is 13.8. The third kappa shape index (κ3) is 2.43. The summed E-state index contributed by atoms with van der Waals surface area (Å²) in [6.07, 6.45) is 3.94. The van der Waals surface area contributed by atoms with Crippen molar-refractivity contribution in [2.45, 2.75) is 37.8 Å². The number of rotatable bonds is 6. The molecule has 1 aliphatic rings. The molecule has 0 aliphatic heterocycles. The molecular formula is C12H18N4O2S2. The number of hydrogen-bond donors (Lipinski definition) is 2. The van der Waals surface area contributed by atoms with Gasteiger partial charge in [-0.3, -0.25) is 4.40 Å². The Morgan fingerprint density at radius 3 is 2.95 bits per heavy atom. The van der Waals surface area contributed by atoms with Crippen molar-refractivity contribution in [2.24, 2.45) is 5.92 Å². The van der Waals surface area contributed by atoms with Gasteiger partial charge in [-0.1, -0.05) is 0 Å². The first-order valence-electron chi connectivity index (χ1n) is 6.74. The van der Waals surface area contributed by atoms with Gasteiger partial charge in [0.1, 0.15) is 0 Å². The van der Waals surface area contributed by atoms with Crippen molar-refractivity contribution in [3.8, 4) is 0 Å². The topological polar surface area (TPSA) is 75.5 Å². The minimum Gasteiger partial charge on any atom is -0.368 e. The molecule has 0 amide bonds. The van der Waals surface area contributed by atoms with E-state index in [1.807, 2.05) is 19.2 Å². The van der Waals surface area contributed by atoms with E-state index in [0.717, 1.165) is 12.8 Å². The molecule has 110 valence electrons. The monoisotopic (exact) mass is 314 g/mol. The highest BCUT2D eigenvalue weighted by molar-refractivity contribution is 7.89. The normalized spacial score (nSPS) is 17.5. The van der Waals surface area contributed by atoms with Crippen LogP contribution in [0.3, 0.4) is 0 Å². The lowest BCUT2D eigenvalue weighted by Crippen LogP contribution is -2.35. The molecule has 2 aromatic rings. The molecule has 2 N–H and O–H groups in total. The van der Waals surface area contributed by atoms with Crippen LogP contribution in [0.5, 0.6) is 0 Å². The Balaban J connectivity index is 2.01. The fraction of sp³-hybridized carbons (Fsp3) is 0.583. The molecule has 1 unspecified atom stereocenters.